The topological polar surface area (TPSA) is 62.5 Å². The van der Waals surface area contributed by atoms with E-state index < -0.39 is 0 Å². The minimum absolute atomic E-state index is 0.317. The summed E-state index contributed by atoms with van der Waals surface area (Å²) >= 11 is 0. The molecular weight excluding hydrogens is 560 g/mol. The van der Waals surface area contributed by atoms with E-state index in [1.54, 1.807) is 0 Å². The lowest BCUT2D eigenvalue weighted by Gasteiger charge is -2.57. The van der Waals surface area contributed by atoms with Gasteiger partial charge < -0.3 is 0 Å². The Balaban J connectivity index is 1.04. The summed E-state index contributed by atoms with van der Waals surface area (Å²) in [4.78, 5) is 15.3. The van der Waals surface area contributed by atoms with Crippen molar-refractivity contribution in [1.29, 1.82) is 5.26 Å². The van der Waals surface area contributed by atoms with Crippen LogP contribution < -0.4 is 0 Å². The van der Waals surface area contributed by atoms with E-state index in [9.17, 15) is 5.26 Å². The number of hydrogen-bond acceptors (Lipinski definition) is 4. The third kappa shape index (κ3) is 4.41. The molecule has 3 aromatic carbocycles. The van der Waals surface area contributed by atoms with Crippen LogP contribution in [0.1, 0.15) is 93.7 Å². The first kappa shape index (κ1) is 27.3. The van der Waals surface area contributed by atoms with Gasteiger partial charge in [-0.3, -0.25) is 0 Å². The van der Waals surface area contributed by atoms with Gasteiger partial charge in [-0.1, -0.05) is 54.6 Å². The summed E-state index contributed by atoms with van der Waals surface area (Å²) in [6, 6.07) is 28.4. The zero-order valence-corrected chi connectivity index (χ0v) is 26.7. The maximum absolute atomic E-state index is 9.63. The molecule has 0 unspecified atom stereocenters. The maximum Gasteiger partial charge on any atom is 0.164 e. The average Bonchev–Trinajstić information content (AvgIpc) is 3.07. The van der Waals surface area contributed by atoms with Crippen LogP contribution in [0.5, 0.6) is 0 Å². The second-order valence-electron chi connectivity index (χ2n) is 16.6. The van der Waals surface area contributed by atoms with Crippen LogP contribution in [0.25, 0.3) is 34.2 Å². The Kier molecular flexibility index (Phi) is 5.98. The van der Waals surface area contributed by atoms with Gasteiger partial charge >= 0.3 is 0 Å². The summed E-state index contributed by atoms with van der Waals surface area (Å²) in [7, 11) is 0. The Morgan fingerprint density at radius 1 is 0.478 bits per heavy atom. The first-order valence-electron chi connectivity index (χ1n) is 18.0. The molecule has 0 spiro atoms. The van der Waals surface area contributed by atoms with Gasteiger partial charge in [0.2, 0.25) is 0 Å². The lowest BCUT2D eigenvalue weighted by atomic mass is 9.48. The van der Waals surface area contributed by atoms with E-state index >= 15 is 0 Å². The van der Waals surface area contributed by atoms with Gasteiger partial charge in [0.05, 0.1) is 11.6 Å². The Hall–Kier alpha value is -3.84. The predicted octanol–water partition coefficient (Wildman–Crippen LogP) is 9.68. The molecule has 8 fully saturated rings. The molecule has 0 saturated heterocycles. The molecule has 0 aliphatic heterocycles. The Morgan fingerprint density at radius 3 is 1.41 bits per heavy atom. The molecule has 230 valence electrons. The van der Waals surface area contributed by atoms with E-state index in [2.05, 4.69) is 54.6 Å². The molecule has 8 aliphatic carbocycles. The molecule has 1 aromatic heterocycles. The molecule has 8 saturated carbocycles. The first-order chi connectivity index (χ1) is 22.5. The van der Waals surface area contributed by atoms with Crippen molar-refractivity contribution in [3.63, 3.8) is 0 Å². The van der Waals surface area contributed by atoms with Crippen molar-refractivity contribution in [2.75, 3.05) is 0 Å². The molecule has 1 heterocycles. The fourth-order valence-electron chi connectivity index (χ4n) is 12.4. The predicted molar refractivity (Wildman–Crippen MR) is 181 cm³/mol. The molecule has 0 radical (unpaired) electrons. The second-order valence-corrected chi connectivity index (χ2v) is 16.6. The zero-order chi connectivity index (χ0) is 30.5. The maximum atomic E-state index is 9.63. The molecule has 8 bridgehead atoms. The average molecular weight is 603 g/mol. The lowest BCUT2D eigenvalue weighted by Crippen LogP contribution is -2.48. The molecule has 4 aromatic rings. The Labute approximate surface area is 272 Å². The van der Waals surface area contributed by atoms with Crippen molar-refractivity contribution in [3.8, 4) is 40.2 Å². The molecule has 12 rings (SSSR count). The van der Waals surface area contributed by atoms with E-state index in [0.29, 0.717) is 28.0 Å². The largest absolute Gasteiger partial charge is 0.208 e. The van der Waals surface area contributed by atoms with Crippen molar-refractivity contribution in [2.45, 2.75) is 87.9 Å². The van der Waals surface area contributed by atoms with Gasteiger partial charge in [-0.2, -0.15) is 5.26 Å². The lowest BCUT2D eigenvalue weighted by molar-refractivity contribution is -0.00529. The van der Waals surface area contributed by atoms with Crippen LogP contribution in [0.2, 0.25) is 0 Å². The highest BCUT2D eigenvalue weighted by Crippen LogP contribution is 2.62. The van der Waals surface area contributed by atoms with Crippen molar-refractivity contribution in [1.82, 2.24) is 15.0 Å². The smallest absolute Gasteiger partial charge is 0.164 e. The van der Waals surface area contributed by atoms with Crippen LogP contribution in [0.4, 0.5) is 0 Å². The van der Waals surface area contributed by atoms with Gasteiger partial charge in [0, 0.05) is 16.7 Å². The number of benzene rings is 3. The number of hydrogen-bond donors (Lipinski definition) is 0. The number of rotatable bonds is 5. The summed E-state index contributed by atoms with van der Waals surface area (Å²) in [5, 5.41) is 9.63. The van der Waals surface area contributed by atoms with E-state index in [0.717, 1.165) is 58.0 Å². The van der Waals surface area contributed by atoms with Crippen LogP contribution >= 0.6 is 0 Å². The first-order valence-corrected chi connectivity index (χ1v) is 18.0. The third-order valence-corrected chi connectivity index (χ3v) is 13.5. The summed E-state index contributed by atoms with van der Waals surface area (Å²) in [5.74, 6) is 7.55. The molecular formula is C42H42N4. The second kappa shape index (κ2) is 10.1. The van der Waals surface area contributed by atoms with Gasteiger partial charge in [0.25, 0.3) is 0 Å². The van der Waals surface area contributed by atoms with E-state index in [-0.39, 0.29) is 0 Å². The SMILES string of the molecule is N#Cc1cccc(-c2nc(-c3ccc(C45C[C@H]6C[C@@H](C4)C[C@@H](C5)C6)cc3)nc(-c3cccc(C45C[C@H]6C[C@@H](C4)C[C@@H](C5)C6)c3)n2)c1. The molecule has 4 heteroatoms. The number of aromatic nitrogens is 3. The van der Waals surface area contributed by atoms with Gasteiger partial charge in [-0.15, -0.1) is 0 Å². The monoisotopic (exact) mass is 602 g/mol. The summed E-state index contributed by atoms with van der Waals surface area (Å²) in [5.41, 5.74) is 7.27. The fraction of sp³-hybridized carbons (Fsp3) is 0.476. The van der Waals surface area contributed by atoms with E-state index in [1.165, 1.54) is 88.2 Å². The molecule has 0 N–H and O–H groups in total. The molecule has 46 heavy (non-hydrogen) atoms. The van der Waals surface area contributed by atoms with Crippen molar-refractivity contribution >= 4 is 0 Å². The highest BCUT2D eigenvalue weighted by atomic mass is 15.0. The van der Waals surface area contributed by atoms with E-state index in [1.807, 2.05) is 24.3 Å². The normalized spacial score (nSPS) is 34.9. The standard InChI is InChI=1S/C42H42N4/c43-25-26-3-1-4-34(17-26)39-44-38(33-7-9-36(10-8-33)41-19-27-11-28(20-41)13-29(12-27)21-41)45-40(46-39)35-5-2-6-37(18-35)42-22-30-14-31(23-42)16-32(15-30)24-42/h1-10,17-18,27-32H,11-16,19-24H2/t27-,28+,29-,30-,31+,32-,41?,42?. The highest BCUT2D eigenvalue weighted by Gasteiger charge is 2.52. The van der Waals surface area contributed by atoms with Crippen molar-refractivity contribution in [2.24, 2.45) is 35.5 Å². The van der Waals surface area contributed by atoms with Crippen LogP contribution in [0.3, 0.4) is 0 Å². The molecule has 0 atom stereocenters. The summed E-state index contributed by atoms with van der Waals surface area (Å²) < 4.78 is 0. The van der Waals surface area contributed by atoms with Crippen molar-refractivity contribution in [3.05, 3.63) is 89.5 Å². The Morgan fingerprint density at radius 2 is 0.913 bits per heavy atom. The Bertz CT molecular complexity index is 1810. The molecule has 0 amide bonds. The van der Waals surface area contributed by atoms with E-state index in [4.69, 9.17) is 15.0 Å². The quantitative estimate of drug-likeness (QED) is 0.228. The van der Waals surface area contributed by atoms with Gasteiger partial charge in [0.15, 0.2) is 17.5 Å². The van der Waals surface area contributed by atoms with Crippen molar-refractivity contribution < 1.29 is 0 Å². The fourth-order valence-corrected chi connectivity index (χ4v) is 12.4. The summed E-state index contributed by atoms with van der Waals surface area (Å²) in [6.45, 7) is 0. The minimum Gasteiger partial charge on any atom is -0.208 e. The zero-order valence-electron chi connectivity index (χ0n) is 26.7. The highest BCUT2D eigenvalue weighted by molar-refractivity contribution is 5.68. The van der Waals surface area contributed by atoms with Crippen LogP contribution in [-0.4, -0.2) is 15.0 Å². The van der Waals surface area contributed by atoms with Gasteiger partial charge in [0.1, 0.15) is 0 Å². The van der Waals surface area contributed by atoms with Crippen LogP contribution in [0.15, 0.2) is 72.8 Å². The van der Waals surface area contributed by atoms with Gasteiger partial charge in [-0.25, -0.2) is 15.0 Å². The number of nitriles is 1. The number of nitrogens with zero attached hydrogens (tertiary/aromatic N) is 4. The summed E-state index contributed by atoms with van der Waals surface area (Å²) in [6.07, 6.45) is 16.9. The molecule has 8 aliphatic rings. The van der Waals surface area contributed by atoms with Gasteiger partial charge in [-0.05, 0) is 153 Å². The third-order valence-electron chi connectivity index (χ3n) is 13.5. The minimum atomic E-state index is 0.317. The molecule has 4 nitrogen and oxygen atoms in total. The van der Waals surface area contributed by atoms with Crippen LogP contribution in [0, 0.1) is 46.8 Å². The van der Waals surface area contributed by atoms with Crippen LogP contribution in [-0.2, 0) is 10.8 Å².